The number of nitrogens with two attached hydrogens (primary N) is 1. The molecule has 2 heterocycles. The van der Waals surface area contributed by atoms with Crippen molar-refractivity contribution < 1.29 is 8.78 Å². The number of hydrazine groups is 1. The molecule has 2 aromatic rings. The average Bonchev–Trinajstić information content (AvgIpc) is 2.73. The van der Waals surface area contributed by atoms with Gasteiger partial charge in [0.25, 0.3) is 0 Å². The molecule has 0 saturated carbocycles. The topological polar surface area (TPSA) is 102 Å². The summed E-state index contributed by atoms with van der Waals surface area (Å²) in [5.74, 6) is 3.01. The van der Waals surface area contributed by atoms with Crippen LogP contribution in [0.1, 0.15) is 6.92 Å². The second-order valence-electron chi connectivity index (χ2n) is 3.41. The second kappa shape index (κ2) is 5.36. The molecule has 7 nitrogen and oxygen atoms in total. The molecular weight excluding hydrogens is 278 g/mol. The van der Waals surface area contributed by atoms with Gasteiger partial charge in [-0.05, 0) is 18.7 Å². The normalized spacial score (nSPS) is 10.7. The summed E-state index contributed by atoms with van der Waals surface area (Å²) in [5.41, 5.74) is 1.61. The Hall–Kier alpha value is -1.94. The Kier molecular flexibility index (Phi) is 3.81. The van der Waals surface area contributed by atoms with Crippen LogP contribution in [0.15, 0.2) is 21.0 Å². The minimum atomic E-state index is -0.903. The third kappa shape index (κ3) is 2.58. The van der Waals surface area contributed by atoms with Crippen LogP contribution in [0.5, 0.6) is 0 Å². The Morgan fingerprint density at radius 1 is 1.53 bits per heavy atom. The van der Waals surface area contributed by atoms with Crippen LogP contribution in [0.3, 0.4) is 0 Å². The highest BCUT2D eigenvalue weighted by Gasteiger charge is 2.16. The van der Waals surface area contributed by atoms with E-state index in [-0.39, 0.29) is 16.0 Å². The van der Waals surface area contributed by atoms with Gasteiger partial charge in [0.2, 0.25) is 0 Å². The standard InChI is InChI=1S/C9H10F2N6OS/c1-2-17-8(18)15-16-9(17)19-7-5(11)3-4(10)6(13-7)14-12/h3H,2,12H2,1H3,(H,13,14)(H,15,18). The van der Waals surface area contributed by atoms with Gasteiger partial charge in [0.1, 0.15) is 5.03 Å². The number of pyridine rings is 1. The Balaban J connectivity index is 2.40. The van der Waals surface area contributed by atoms with E-state index >= 15 is 0 Å². The summed E-state index contributed by atoms with van der Waals surface area (Å²) in [6.45, 7) is 2.10. The van der Waals surface area contributed by atoms with Gasteiger partial charge in [-0.3, -0.25) is 4.57 Å². The van der Waals surface area contributed by atoms with Gasteiger partial charge in [-0.1, -0.05) is 0 Å². The number of nitrogens with one attached hydrogen (secondary N) is 2. The van der Waals surface area contributed by atoms with Gasteiger partial charge >= 0.3 is 5.69 Å². The molecule has 0 aromatic carbocycles. The zero-order valence-electron chi connectivity index (χ0n) is 9.78. The van der Waals surface area contributed by atoms with E-state index in [0.29, 0.717) is 12.6 Å². The molecule has 0 atom stereocenters. The summed E-state index contributed by atoms with van der Waals surface area (Å²) in [6, 6.07) is 0.658. The lowest BCUT2D eigenvalue weighted by Crippen LogP contribution is -2.16. The van der Waals surface area contributed by atoms with Crippen molar-refractivity contribution in [2.45, 2.75) is 23.7 Å². The van der Waals surface area contributed by atoms with Gasteiger partial charge < -0.3 is 5.43 Å². The zero-order valence-corrected chi connectivity index (χ0v) is 10.6. The number of hydrogen-bond acceptors (Lipinski definition) is 6. The van der Waals surface area contributed by atoms with E-state index in [4.69, 9.17) is 5.84 Å². The molecular formula is C9H10F2N6OS. The van der Waals surface area contributed by atoms with Crippen molar-refractivity contribution >= 4 is 17.6 Å². The van der Waals surface area contributed by atoms with Crippen LogP contribution >= 0.6 is 11.8 Å². The number of nitrogen functional groups attached to an aromatic ring is 1. The fourth-order valence-corrected chi connectivity index (χ4v) is 2.25. The highest BCUT2D eigenvalue weighted by atomic mass is 32.2. The second-order valence-corrected chi connectivity index (χ2v) is 4.36. The molecule has 2 aromatic heterocycles. The van der Waals surface area contributed by atoms with Crippen molar-refractivity contribution in [2.24, 2.45) is 5.84 Å². The number of aromatic amines is 1. The summed E-state index contributed by atoms with van der Waals surface area (Å²) < 4.78 is 28.1. The fourth-order valence-electron chi connectivity index (χ4n) is 1.37. The van der Waals surface area contributed by atoms with Crippen LogP contribution in [0.4, 0.5) is 14.6 Å². The van der Waals surface area contributed by atoms with Crippen molar-refractivity contribution in [1.29, 1.82) is 0 Å². The first-order chi connectivity index (χ1) is 9.06. The van der Waals surface area contributed by atoms with Crippen LogP contribution in [0.2, 0.25) is 0 Å². The number of hydrogen-bond donors (Lipinski definition) is 3. The maximum atomic E-state index is 13.6. The molecule has 102 valence electrons. The minimum absolute atomic E-state index is 0.136. The smallest absolute Gasteiger partial charge is 0.306 e. The third-order valence-electron chi connectivity index (χ3n) is 2.26. The van der Waals surface area contributed by atoms with E-state index in [1.807, 2.05) is 5.43 Å². The van der Waals surface area contributed by atoms with Crippen molar-refractivity contribution in [3.63, 3.8) is 0 Å². The number of H-pyrrole nitrogens is 1. The molecule has 0 unspecified atom stereocenters. The number of halogens is 2. The van der Waals surface area contributed by atoms with Crippen LogP contribution in [0, 0.1) is 11.6 Å². The third-order valence-corrected chi connectivity index (χ3v) is 3.24. The number of rotatable bonds is 4. The van der Waals surface area contributed by atoms with Gasteiger partial charge in [-0.15, -0.1) is 5.10 Å². The molecule has 2 rings (SSSR count). The Morgan fingerprint density at radius 2 is 2.26 bits per heavy atom. The largest absolute Gasteiger partial charge is 0.343 e. The quantitative estimate of drug-likeness (QED) is 0.565. The van der Waals surface area contributed by atoms with Gasteiger partial charge in [0.15, 0.2) is 22.6 Å². The summed E-state index contributed by atoms with van der Waals surface area (Å²) in [4.78, 5) is 15.0. The highest BCUT2D eigenvalue weighted by molar-refractivity contribution is 7.99. The van der Waals surface area contributed by atoms with E-state index in [1.165, 1.54) is 4.57 Å². The Morgan fingerprint density at radius 3 is 2.89 bits per heavy atom. The van der Waals surface area contributed by atoms with Gasteiger partial charge in [-0.2, -0.15) is 0 Å². The summed E-state index contributed by atoms with van der Waals surface area (Å²) in [5, 5.41) is 6.07. The molecule has 0 spiro atoms. The maximum Gasteiger partial charge on any atom is 0.343 e. The fraction of sp³-hybridized carbons (Fsp3) is 0.222. The molecule has 4 N–H and O–H groups in total. The van der Waals surface area contributed by atoms with Gasteiger partial charge in [0, 0.05) is 12.6 Å². The van der Waals surface area contributed by atoms with Crippen LogP contribution in [-0.2, 0) is 6.54 Å². The average molecular weight is 288 g/mol. The van der Waals surface area contributed by atoms with Gasteiger partial charge in [-0.25, -0.2) is 29.5 Å². The van der Waals surface area contributed by atoms with Crippen LogP contribution in [0.25, 0.3) is 0 Å². The van der Waals surface area contributed by atoms with Crippen molar-refractivity contribution in [1.82, 2.24) is 19.7 Å². The van der Waals surface area contributed by atoms with Crippen molar-refractivity contribution in [2.75, 3.05) is 5.43 Å². The van der Waals surface area contributed by atoms with Gasteiger partial charge in [0.05, 0.1) is 0 Å². The molecule has 0 radical (unpaired) electrons. The van der Waals surface area contributed by atoms with Crippen LogP contribution in [-0.4, -0.2) is 19.7 Å². The van der Waals surface area contributed by atoms with E-state index in [9.17, 15) is 13.6 Å². The SMILES string of the molecule is CCn1c(Sc2nc(NN)c(F)cc2F)n[nH]c1=O. The maximum absolute atomic E-state index is 13.6. The van der Waals surface area contributed by atoms with E-state index in [0.717, 1.165) is 11.8 Å². The lowest BCUT2D eigenvalue weighted by Gasteiger charge is -2.06. The first-order valence-electron chi connectivity index (χ1n) is 5.22. The molecule has 10 heteroatoms. The molecule has 0 amide bonds. The number of aromatic nitrogens is 4. The minimum Gasteiger partial charge on any atom is -0.306 e. The lowest BCUT2D eigenvalue weighted by molar-refractivity contribution is 0.550. The molecule has 19 heavy (non-hydrogen) atoms. The predicted molar refractivity (Wildman–Crippen MR) is 64.6 cm³/mol. The summed E-state index contributed by atoms with van der Waals surface area (Å²) in [6.07, 6.45) is 0. The first kappa shape index (κ1) is 13.5. The summed E-state index contributed by atoms with van der Waals surface area (Å²) >= 11 is 0.797. The molecule has 0 aliphatic heterocycles. The highest BCUT2D eigenvalue weighted by Crippen LogP contribution is 2.28. The zero-order chi connectivity index (χ0) is 14.0. The van der Waals surface area contributed by atoms with Crippen molar-refractivity contribution in [3.8, 4) is 0 Å². The van der Waals surface area contributed by atoms with E-state index < -0.39 is 17.3 Å². The summed E-state index contributed by atoms with van der Waals surface area (Å²) in [7, 11) is 0. The lowest BCUT2D eigenvalue weighted by atomic mass is 10.4. The van der Waals surface area contributed by atoms with Crippen molar-refractivity contribution in [3.05, 3.63) is 28.2 Å². The van der Waals surface area contributed by atoms with E-state index in [1.54, 1.807) is 6.92 Å². The monoisotopic (exact) mass is 288 g/mol. The molecule has 0 aliphatic rings. The molecule has 0 aliphatic carbocycles. The van der Waals surface area contributed by atoms with Crippen LogP contribution < -0.4 is 17.0 Å². The molecule has 0 saturated heterocycles. The Bertz CT molecular complexity index is 655. The molecule has 0 fully saturated rings. The predicted octanol–water partition coefficient (Wildman–Crippen LogP) is 0.701. The van der Waals surface area contributed by atoms with E-state index in [2.05, 4.69) is 15.2 Å². The number of nitrogens with zero attached hydrogens (tertiary/aromatic N) is 3. The first-order valence-corrected chi connectivity index (χ1v) is 6.04. The Labute approximate surface area is 110 Å². The number of anilines is 1. The molecule has 0 bridgehead atoms.